The molecule has 0 amide bonds. The molecule has 0 aromatic rings. The fourth-order valence-corrected chi connectivity index (χ4v) is 1.46. The molecule has 0 aliphatic heterocycles. The molecule has 0 aromatic heterocycles. The SMILES string of the molecule is CCOC(=O)C1=CCC(=CCC(C)C)C=C1. The Morgan fingerprint density at radius 1 is 1.50 bits per heavy atom. The number of carbonyl (C=O) groups excluding carboxylic acids is 1. The molecule has 88 valence electrons. The zero-order valence-corrected chi connectivity index (χ0v) is 10.3. The highest BCUT2D eigenvalue weighted by atomic mass is 16.5. The van der Waals surface area contributed by atoms with Crippen LogP contribution in [0.5, 0.6) is 0 Å². The molecule has 0 atom stereocenters. The average Bonchev–Trinajstić information content (AvgIpc) is 2.27. The van der Waals surface area contributed by atoms with Crippen molar-refractivity contribution in [3.8, 4) is 0 Å². The third-order valence-corrected chi connectivity index (χ3v) is 2.40. The lowest BCUT2D eigenvalue weighted by Gasteiger charge is -2.09. The van der Waals surface area contributed by atoms with Crippen molar-refractivity contribution in [1.29, 1.82) is 0 Å². The Labute approximate surface area is 97.7 Å². The Balaban J connectivity index is 2.53. The molecule has 1 aliphatic carbocycles. The van der Waals surface area contributed by atoms with Gasteiger partial charge in [-0.1, -0.05) is 32.1 Å². The zero-order valence-electron chi connectivity index (χ0n) is 10.3. The van der Waals surface area contributed by atoms with Crippen LogP contribution in [-0.4, -0.2) is 12.6 Å². The lowest BCUT2D eigenvalue weighted by atomic mass is 9.99. The highest BCUT2D eigenvalue weighted by Crippen LogP contribution is 2.18. The molecule has 0 spiro atoms. The van der Waals surface area contributed by atoms with Crippen molar-refractivity contribution in [2.75, 3.05) is 6.61 Å². The number of allylic oxidation sites excluding steroid dienone is 4. The average molecular weight is 220 g/mol. The zero-order chi connectivity index (χ0) is 12.0. The summed E-state index contributed by atoms with van der Waals surface area (Å²) in [5.41, 5.74) is 1.95. The maximum Gasteiger partial charge on any atom is 0.337 e. The molecule has 0 aromatic carbocycles. The first kappa shape index (κ1) is 12.8. The van der Waals surface area contributed by atoms with Crippen molar-refractivity contribution in [2.45, 2.75) is 33.6 Å². The van der Waals surface area contributed by atoms with Crippen LogP contribution in [0, 0.1) is 5.92 Å². The minimum atomic E-state index is -0.221. The summed E-state index contributed by atoms with van der Waals surface area (Å²) in [6.45, 7) is 6.64. The first-order valence-corrected chi connectivity index (χ1v) is 5.88. The number of ether oxygens (including phenoxy) is 1. The number of rotatable bonds is 4. The summed E-state index contributed by atoms with van der Waals surface area (Å²) in [5.74, 6) is 0.456. The predicted octanol–water partition coefficient (Wildman–Crippen LogP) is 3.41. The second-order valence-electron chi connectivity index (χ2n) is 4.33. The normalized spacial score (nSPS) is 17.8. The number of carbonyl (C=O) groups is 1. The van der Waals surface area contributed by atoms with Gasteiger partial charge in [0.15, 0.2) is 0 Å². The molecule has 2 nitrogen and oxygen atoms in total. The number of esters is 1. The van der Waals surface area contributed by atoms with Crippen LogP contribution in [0.2, 0.25) is 0 Å². The monoisotopic (exact) mass is 220 g/mol. The van der Waals surface area contributed by atoms with E-state index in [-0.39, 0.29) is 5.97 Å². The summed E-state index contributed by atoms with van der Waals surface area (Å²) in [4.78, 5) is 11.4. The van der Waals surface area contributed by atoms with Crippen molar-refractivity contribution < 1.29 is 9.53 Å². The van der Waals surface area contributed by atoms with Crippen molar-refractivity contribution in [3.63, 3.8) is 0 Å². The van der Waals surface area contributed by atoms with E-state index in [0.717, 1.165) is 12.8 Å². The van der Waals surface area contributed by atoms with Gasteiger partial charge in [0.1, 0.15) is 0 Å². The van der Waals surface area contributed by atoms with Gasteiger partial charge < -0.3 is 4.74 Å². The van der Waals surface area contributed by atoms with Crippen molar-refractivity contribution >= 4 is 5.97 Å². The molecule has 0 fully saturated rings. The van der Waals surface area contributed by atoms with Crippen LogP contribution in [0.4, 0.5) is 0 Å². The van der Waals surface area contributed by atoms with Crippen LogP contribution in [0.15, 0.2) is 35.5 Å². The Bertz CT molecular complexity index is 333. The van der Waals surface area contributed by atoms with Crippen LogP contribution in [0.3, 0.4) is 0 Å². The van der Waals surface area contributed by atoms with E-state index in [1.54, 1.807) is 0 Å². The predicted molar refractivity (Wildman–Crippen MR) is 66.0 cm³/mol. The van der Waals surface area contributed by atoms with E-state index in [4.69, 9.17) is 4.74 Å². The smallest absolute Gasteiger partial charge is 0.337 e. The molecule has 0 unspecified atom stereocenters. The van der Waals surface area contributed by atoms with Gasteiger partial charge in [0.2, 0.25) is 0 Å². The fourth-order valence-electron chi connectivity index (χ4n) is 1.46. The molecule has 0 saturated carbocycles. The van der Waals surface area contributed by atoms with Gasteiger partial charge in [-0.15, -0.1) is 0 Å². The maximum absolute atomic E-state index is 11.4. The van der Waals surface area contributed by atoms with Gasteiger partial charge in [-0.05, 0) is 37.3 Å². The standard InChI is InChI=1S/C14H20O2/c1-4-16-14(15)13-9-7-12(8-10-13)6-5-11(2)3/h6-7,9-11H,4-5,8H2,1-3H3. The first-order valence-electron chi connectivity index (χ1n) is 5.88. The summed E-state index contributed by atoms with van der Waals surface area (Å²) < 4.78 is 4.94. The molecule has 0 bridgehead atoms. The van der Waals surface area contributed by atoms with Gasteiger partial charge in [-0.25, -0.2) is 4.79 Å². The molecule has 1 rings (SSSR count). The Hall–Kier alpha value is -1.31. The Morgan fingerprint density at radius 3 is 2.75 bits per heavy atom. The molecule has 1 aliphatic rings. The topological polar surface area (TPSA) is 26.3 Å². The third-order valence-electron chi connectivity index (χ3n) is 2.40. The van der Waals surface area contributed by atoms with Gasteiger partial charge in [-0.3, -0.25) is 0 Å². The van der Waals surface area contributed by atoms with Gasteiger partial charge in [0.25, 0.3) is 0 Å². The molecule has 2 heteroatoms. The van der Waals surface area contributed by atoms with E-state index < -0.39 is 0 Å². The molecule has 0 radical (unpaired) electrons. The molecule has 0 saturated heterocycles. The number of hydrogen-bond acceptors (Lipinski definition) is 2. The van der Waals surface area contributed by atoms with Crippen LogP contribution >= 0.6 is 0 Å². The third kappa shape index (κ3) is 4.05. The molecular formula is C14H20O2. The van der Waals surface area contributed by atoms with E-state index >= 15 is 0 Å². The molecule has 0 heterocycles. The van der Waals surface area contributed by atoms with Crippen molar-refractivity contribution in [1.82, 2.24) is 0 Å². The van der Waals surface area contributed by atoms with Gasteiger partial charge in [0, 0.05) is 0 Å². The summed E-state index contributed by atoms with van der Waals surface area (Å²) >= 11 is 0. The minimum absolute atomic E-state index is 0.221. The van der Waals surface area contributed by atoms with E-state index in [1.165, 1.54) is 5.57 Å². The molecular weight excluding hydrogens is 200 g/mol. The van der Waals surface area contributed by atoms with E-state index in [0.29, 0.717) is 18.1 Å². The quantitative estimate of drug-likeness (QED) is 0.679. The molecule has 16 heavy (non-hydrogen) atoms. The lowest BCUT2D eigenvalue weighted by Crippen LogP contribution is -2.07. The van der Waals surface area contributed by atoms with Crippen LogP contribution in [-0.2, 0) is 9.53 Å². The second-order valence-corrected chi connectivity index (χ2v) is 4.33. The largest absolute Gasteiger partial charge is 0.462 e. The fraction of sp³-hybridized carbons (Fsp3) is 0.500. The van der Waals surface area contributed by atoms with Gasteiger partial charge in [-0.2, -0.15) is 0 Å². The summed E-state index contributed by atoms with van der Waals surface area (Å²) in [6.07, 6.45) is 9.94. The van der Waals surface area contributed by atoms with Gasteiger partial charge in [0.05, 0.1) is 12.2 Å². The summed E-state index contributed by atoms with van der Waals surface area (Å²) in [5, 5.41) is 0. The van der Waals surface area contributed by atoms with Crippen LogP contribution < -0.4 is 0 Å². The highest BCUT2D eigenvalue weighted by Gasteiger charge is 2.10. The number of hydrogen-bond donors (Lipinski definition) is 0. The second kappa shape index (κ2) is 6.31. The Morgan fingerprint density at radius 2 is 2.25 bits per heavy atom. The van der Waals surface area contributed by atoms with E-state index in [2.05, 4.69) is 19.9 Å². The van der Waals surface area contributed by atoms with Crippen molar-refractivity contribution in [3.05, 3.63) is 35.5 Å². The van der Waals surface area contributed by atoms with Crippen molar-refractivity contribution in [2.24, 2.45) is 5.92 Å². The Kier molecular flexibility index (Phi) is 5.03. The summed E-state index contributed by atoms with van der Waals surface area (Å²) in [7, 11) is 0. The van der Waals surface area contributed by atoms with E-state index in [9.17, 15) is 4.79 Å². The van der Waals surface area contributed by atoms with Crippen LogP contribution in [0.1, 0.15) is 33.6 Å². The maximum atomic E-state index is 11.4. The minimum Gasteiger partial charge on any atom is -0.462 e. The van der Waals surface area contributed by atoms with Crippen LogP contribution in [0.25, 0.3) is 0 Å². The highest BCUT2D eigenvalue weighted by molar-refractivity contribution is 5.92. The molecule has 0 N–H and O–H groups in total. The lowest BCUT2D eigenvalue weighted by molar-refractivity contribution is -0.138. The van der Waals surface area contributed by atoms with E-state index in [1.807, 2.05) is 25.2 Å². The first-order chi connectivity index (χ1) is 7.63. The summed E-state index contributed by atoms with van der Waals surface area (Å²) in [6, 6.07) is 0. The van der Waals surface area contributed by atoms with Gasteiger partial charge >= 0.3 is 5.97 Å².